The van der Waals surface area contributed by atoms with Gasteiger partial charge in [-0.3, -0.25) is 0 Å². The molecule has 0 bridgehead atoms. The van der Waals surface area contributed by atoms with Crippen molar-refractivity contribution < 1.29 is 26.3 Å². The summed E-state index contributed by atoms with van der Waals surface area (Å²) in [6, 6.07) is 129. The first-order valence-electron chi connectivity index (χ1n) is 51.4. The van der Waals surface area contributed by atoms with E-state index < -0.39 is 34.9 Å². The van der Waals surface area contributed by atoms with Crippen LogP contribution in [-0.4, -0.2) is 0 Å². The van der Waals surface area contributed by atoms with Crippen LogP contribution in [0, 0.1) is 34.9 Å². The van der Waals surface area contributed by atoms with Crippen LogP contribution in [0.2, 0.25) is 0 Å². The quantitative estimate of drug-likeness (QED) is 0.0208. The molecular formula is C130H135Br6F6N7. The van der Waals surface area contributed by atoms with E-state index in [1.54, 1.807) is 19.6 Å². The molecule has 0 amide bonds. The van der Waals surface area contributed by atoms with Gasteiger partial charge in [0, 0.05) is 110 Å². The second-order valence-corrected chi connectivity index (χ2v) is 41.2. The van der Waals surface area contributed by atoms with Crippen molar-refractivity contribution in [2.45, 2.75) is 183 Å². The summed E-state index contributed by atoms with van der Waals surface area (Å²) in [7, 11) is 0. The molecule has 0 radical (unpaired) electrons. The van der Waals surface area contributed by atoms with Gasteiger partial charge < -0.3 is 36.4 Å². The number of nitrogen functional groups attached to an aromatic ring is 2. The van der Waals surface area contributed by atoms with Crippen LogP contribution in [0.4, 0.5) is 117 Å². The molecule has 0 saturated heterocycles. The first-order valence-corrected chi connectivity index (χ1v) is 56.1. The third-order valence-corrected chi connectivity index (χ3v) is 27.4. The fourth-order valence-electron chi connectivity index (χ4n) is 15.8. The minimum Gasteiger partial charge on any atom is -0.399 e. The van der Waals surface area contributed by atoms with Crippen molar-refractivity contribution >= 4 is 187 Å². The van der Waals surface area contributed by atoms with E-state index in [2.05, 4.69) is 271 Å². The molecule has 0 aliphatic heterocycles. The van der Waals surface area contributed by atoms with Crippen LogP contribution in [0.3, 0.4) is 0 Å². The zero-order valence-corrected chi connectivity index (χ0v) is 95.5. The highest BCUT2D eigenvalue weighted by Gasteiger charge is 2.27. The Bertz CT molecular complexity index is 6280. The van der Waals surface area contributed by atoms with Gasteiger partial charge in [-0.15, -0.1) is 0 Å². The van der Waals surface area contributed by atoms with Gasteiger partial charge in [0.05, 0.1) is 31.7 Å². The molecule has 0 fully saturated rings. The van der Waals surface area contributed by atoms with Gasteiger partial charge >= 0.3 is 0 Å². The first-order chi connectivity index (χ1) is 72.4. The standard InChI is InChI=1S/C38H36Br2F2N2.C38H38F2N2.C16H19N.C10H13Br.C10H15N.C6H2Br2F2.C6H5Br.C6H7N/c1-3-5-7-27-9-17-31(18-10-27)43(33-21-13-29(39)14-22-33)37-25-36(42)38(26-35(37)41)44(34-23-15-30(40)16-24-34)32-19-11-28(12-20-32)8-6-4-2;1-3-5-13-29-19-23-33(24-20-29)41(31-15-9-7-10-16-31)37-27-36(40)38(28-35(37)39)42(32-17-11-8-12-18-32)34-25-21-30(22-26-34)14-6-4-2;1-2-3-7-14-10-12-16(13-11-14)17-15-8-5-4-6-9-15;2*1-2-3-4-9-5-7-10(11)8-6-9;7-3-1-5(9)4(8)2-6(3)10;2*7-6-4-2-1-3-5-6/h9-26H,3-8H2,1-2H3;7-12,15-28H,3-6,13-14H2,1-2H3;4-6,8-13,17H,2-3,7H2,1H3;5-8H,2-4H2,1H3;5-8H,2-4,11H2,1H3;1-2H;1-5H;1-5H,7H2. The summed E-state index contributed by atoms with van der Waals surface area (Å²) in [6.45, 7) is 15.3. The number of halogens is 12. The zero-order chi connectivity index (χ0) is 106. The van der Waals surface area contributed by atoms with Crippen molar-refractivity contribution in [1.82, 2.24) is 0 Å². The minimum absolute atomic E-state index is 0.133. The van der Waals surface area contributed by atoms with Gasteiger partial charge in [0.2, 0.25) is 0 Å². The van der Waals surface area contributed by atoms with Crippen LogP contribution in [0.25, 0.3) is 0 Å². The Morgan fingerprint density at radius 2 is 0.376 bits per heavy atom. The summed E-state index contributed by atoms with van der Waals surface area (Å²) in [6.07, 6.45) is 24.1. The Labute approximate surface area is 931 Å². The maximum absolute atomic E-state index is 16.4. The number of hydrogen-bond donors (Lipinski definition) is 3. The molecular weight excluding hydrogens is 2250 g/mol. The fourth-order valence-corrected chi connectivity index (χ4v) is 17.6. The van der Waals surface area contributed by atoms with Crippen molar-refractivity contribution in [3.8, 4) is 0 Å². The summed E-state index contributed by atoms with van der Waals surface area (Å²) in [5, 5.41) is 3.39. The monoisotopic (exact) mass is 2380 g/mol. The lowest BCUT2D eigenvalue weighted by Crippen LogP contribution is -2.15. The zero-order valence-electron chi connectivity index (χ0n) is 86.0. The molecule has 0 atom stereocenters. The maximum atomic E-state index is 16.4. The molecule has 0 aromatic heterocycles. The second-order valence-electron chi connectivity index (χ2n) is 35.8. The van der Waals surface area contributed by atoms with E-state index in [1.165, 1.54) is 121 Å². The Morgan fingerprint density at radius 3 is 0.604 bits per heavy atom. The number of para-hydroxylation sites is 4. The van der Waals surface area contributed by atoms with Gasteiger partial charge in [-0.1, -0.05) is 333 Å². The van der Waals surface area contributed by atoms with E-state index >= 15 is 17.6 Å². The predicted octanol–water partition coefficient (Wildman–Crippen LogP) is 43.1. The maximum Gasteiger partial charge on any atom is 0.149 e. The number of anilines is 16. The molecule has 19 heteroatoms. The van der Waals surface area contributed by atoms with Gasteiger partial charge in [-0.25, -0.2) is 26.3 Å². The smallest absolute Gasteiger partial charge is 0.149 e. The largest absolute Gasteiger partial charge is 0.399 e. The molecule has 774 valence electrons. The molecule has 17 aromatic carbocycles. The number of hydrogen-bond acceptors (Lipinski definition) is 7. The van der Waals surface area contributed by atoms with Crippen molar-refractivity contribution in [2.24, 2.45) is 0 Å². The van der Waals surface area contributed by atoms with E-state index in [4.69, 9.17) is 11.5 Å². The van der Waals surface area contributed by atoms with Gasteiger partial charge in [0.15, 0.2) is 0 Å². The first kappa shape index (κ1) is 119. The summed E-state index contributed by atoms with van der Waals surface area (Å²) >= 11 is 19.4. The average Bonchev–Trinajstić information content (AvgIpc) is 0.789. The van der Waals surface area contributed by atoms with Gasteiger partial charge in [0.1, 0.15) is 34.9 Å². The van der Waals surface area contributed by atoms with Crippen molar-refractivity contribution in [1.29, 1.82) is 0 Å². The molecule has 0 saturated carbocycles. The summed E-state index contributed by atoms with van der Waals surface area (Å²) < 4.78 is 94.7. The Kier molecular flexibility index (Phi) is 52.3. The Morgan fingerprint density at radius 1 is 0.195 bits per heavy atom. The number of aryl methyl sites for hydroxylation is 7. The molecule has 0 heterocycles. The minimum atomic E-state index is -0.527. The number of nitrogens with zero attached hydrogens (tertiary/aromatic N) is 4. The predicted molar refractivity (Wildman–Crippen MR) is 645 cm³/mol. The molecule has 149 heavy (non-hydrogen) atoms. The molecule has 5 N–H and O–H groups in total. The lowest BCUT2D eigenvalue weighted by molar-refractivity contribution is 0.589. The van der Waals surface area contributed by atoms with Gasteiger partial charge in [0.25, 0.3) is 0 Å². The summed E-state index contributed by atoms with van der Waals surface area (Å²) in [4.78, 5) is 7.10. The fraction of sp³-hybridized carbons (Fsp3) is 0.215. The van der Waals surface area contributed by atoms with Crippen LogP contribution in [0.5, 0.6) is 0 Å². The van der Waals surface area contributed by atoms with E-state index in [-0.39, 0.29) is 31.7 Å². The highest BCUT2D eigenvalue weighted by Crippen LogP contribution is 2.46. The SMILES string of the molecule is Brc1ccccc1.CCCCc1ccc(Br)cc1.CCCCc1ccc(N(c2ccc(Br)cc2)c2cc(F)c(N(c3ccc(Br)cc3)c3ccc(CCCC)cc3)cc2F)cc1.CCCCc1ccc(N(c2ccccc2)c2cc(F)c(N(c3ccccc3)c3ccc(CCCC)cc3)cc2F)cc1.CCCCc1ccc(N)cc1.CCCCc1ccc(Nc2ccccc2)cc1.Fc1cc(Br)c(F)cc1Br.Nc1ccccc1. The van der Waals surface area contributed by atoms with E-state index in [1.807, 2.05) is 249 Å². The van der Waals surface area contributed by atoms with E-state index in [0.29, 0.717) is 0 Å². The third-order valence-electron chi connectivity index (χ3n) is 24.1. The number of unbranched alkanes of at least 4 members (excludes halogenated alkanes) is 7. The normalized spacial score (nSPS) is 10.5. The van der Waals surface area contributed by atoms with Crippen LogP contribution >= 0.6 is 95.6 Å². The lowest BCUT2D eigenvalue weighted by atomic mass is 10.1. The number of rotatable bonds is 35. The van der Waals surface area contributed by atoms with Crippen LogP contribution in [0.15, 0.2) is 433 Å². The van der Waals surface area contributed by atoms with E-state index in [9.17, 15) is 8.78 Å². The number of nitrogens with one attached hydrogen (secondary N) is 1. The Hall–Kier alpha value is -12.2. The highest BCUT2D eigenvalue weighted by molar-refractivity contribution is 9.11. The summed E-state index contributed by atoms with van der Waals surface area (Å²) in [5.74, 6) is -3.03. The molecule has 7 nitrogen and oxygen atoms in total. The van der Waals surface area contributed by atoms with Crippen LogP contribution in [0.1, 0.15) is 177 Å². The molecule has 17 aromatic rings. The second kappa shape index (κ2) is 65.7. The van der Waals surface area contributed by atoms with Crippen LogP contribution in [-0.2, 0) is 44.9 Å². The lowest BCUT2D eigenvalue weighted by Gasteiger charge is -2.29. The molecule has 0 unspecified atom stereocenters. The molecule has 0 spiro atoms. The number of benzene rings is 17. The van der Waals surface area contributed by atoms with Gasteiger partial charge in [-0.2, -0.15) is 0 Å². The van der Waals surface area contributed by atoms with Crippen molar-refractivity contribution in [3.63, 3.8) is 0 Å². The van der Waals surface area contributed by atoms with E-state index in [0.717, 1.165) is 175 Å². The number of nitrogens with two attached hydrogens (primary N) is 2. The van der Waals surface area contributed by atoms with Crippen LogP contribution < -0.4 is 36.4 Å². The third kappa shape index (κ3) is 40.2. The molecule has 0 aliphatic rings. The highest BCUT2D eigenvalue weighted by atomic mass is 79.9. The molecule has 0 aliphatic carbocycles. The molecule has 17 rings (SSSR count). The average molecular weight is 2390 g/mol. The van der Waals surface area contributed by atoms with Crippen molar-refractivity contribution in [2.75, 3.05) is 36.4 Å². The van der Waals surface area contributed by atoms with Gasteiger partial charge in [-0.05, 0) is 367 Å². The topological polar surface area (TPSA) is 77.0 Å². The summed E-state index contributed by atoms with van der Waals surface area (Å²) in [5.41, 5.74) is 30.7. The van der Waals surface area contributed by atoms with Crippen molar-refractivity contribution in [3.05, 3.63) is 507 Å². The Balaban J connectivity index is 0.000000194.